The fraction of sp³-hybridized carbons (Fsp3) is 0.190. The Labute approximate surface area is 164 Å². The molecule has 6 nitrogen and oxygen atoms in total. The molecule has 0 aliphatic heterocycles. The summed E-state index contributed by atoms with van der Waals surface area (Å²) in [6.45, 7) is 0. The quantitative estimate of drug-likeness (QED) is 0.653. The lowest BCUT2D eigenvalue weighted by Gasteiger charge is -2.21. The number of hydrogen-bond donors (Lipinski definition) is 1. The summed E-state index contributed by atoms with van der Waals surface area (Å²) in [6, 6.07) is 17.8. The Kier molecular flexibility index (Phi) is 5.67. The number of aliphatic carboxylic acids is 1. The van der Waals surface area contributed by atoms with Crippen molar-refractivity contribution in [1.29, 1.82) is 0 Å². The van der Waals surface area contributed by atoms with Gasteiger partial charge in [0.15, 0.2) is 0 Å². The summed E-state index contributed by atoms with van der Waals surface area (Å²) >= 11 is 0. The molecule has 0 saturated heterocycles. The van der Waals surface area contributed by atoms with Gasteiger partial charge in [0.1, 0.15) is 0 Å². The molecule has 3 rings (SSSR count). The lowest BCUT2D eigenvalue weighted by atomic mass is 10.1. The van der Waals surface area contributed by atoms with E-state index in [0.29, 0.717) is 10.9 Å². The second-order valence-corrected chi connectivity index (χ2v) is 8.39. The van der Waals surface area contributed by atoms with Gasteiger partial charge >= 0.3 is 0 Å². The maximum atomic E-state index is 13.0. The SMILES string of the molecule is CN(C)c1cccc2c(S(=O)(=O)N[C@H](Cc3ccccc3)C(=O)[O-])cccc12. The van der Waals surface area contributed by atoms with Crippen LogP contribution in [0.2, 0.25) is 0 Å². The topological polar surface area (TPSA) is 89.5 Å². The van der Waals surface area contributed by atoms with Crippen molar-refractivity contribution in [2.45, 2.75) is 17.4 Å². The van der Waals surface area contributed by atoms with Crippen LogP contribution >= 0.6 is 0 Å². The van der Waals surface area contributed by atoms with E-state index in [1.807, 2.05) is 31.1 Å². The number of hydrogen-bond acceptors (Lipinski definition) is 5. The lowest BCUT2D eigenvalue weighted by Crippen LogP contribution is -2.49. The van der Waals surface area contributed by atoms with Gasteiger partial charge in [0, 0.05) is 30.6 Å². The van der Waals surface area contributed by atoms with E-state index < -0.39 is 22.0 Å². The Hall–Kier alpha value is -2.90. The van der Waals surface area contributed by atoms with Gasteiger partial charge in [-0.25, -0.2) is 13.1 Å². The summed E-state index contributed by atoms with van der Waals surface area (Å²) in [5, 5.41) is 12.9. The van der Waals surface area contributed by atoms with Crippen molar-refractivity contribution in [2.75, 3.05) is 19.0 Å². The van der Waals surface area contributed by atoms with Crippen molar-refractivity contribution in [3.8, 4) is 0 Å². The molecule has 0 radical (unpaired) electrons. The smallest absolute Gasteiger partial charge is 0.241 e. The van der Waals surface area contributed by atoms with E-state index in [-0.39, 0.29) is 11.3 Å². The highest BCUT2D eigenvalue weighted by Crippen LogP contribution is 2.30. The normalized spacial score (nSPS) is 12.6. The molecule has 0 heterocycles. The molecule has 0 saturated carbocycles. The van der Waals surface area contributed by atoms with Crippen LogP contribution in [0.25, 0.3) is 10.8 Å². The molecule has 3 aromatic carbocycles. The lowest BCUT2D eigenvalue weighted by molar-refractivity contribution is -0.307. The molecule has 0 spiro atoms. The largest absolute Gasteiger partial charge is 0.548 e. The molecular formula is C21H21N2O4S-. The molecule has 0 aromatic heterocycles. The number of carbonyl (C=O) groups is 1. The number of nitrogens with one attached hydrogen (secondary N) is 1. The zero-order valence-electron chi connectivity index (χ0n) is 15.6. The fourth-order valence-electron chi connectivity index (χ4n) is 3.16. The van der Waals surface area contributed by atoms with Crippen LogP contribution in [0.1, 0.15) is 5.56 Å². The van der Waals surface area contributed by atoms with Gasteiger partial charge in [-0.05, 0) is 24.1 Å². The maximum absolute atomic E-state index is 13.0. The van der Waals surface area contributed by atoms with Crippen LogP contribution in [0.15, 0.2) is 71.6 Å². The van der Waals surface area contributed by atoms with Gasteiger partial charge in [-0.1, -0.05) is 54.6 Å². The molecule has 0 aliphatic rings. The van der Waals surface area contributed by atoms with E-state index >= 15 is 0 Å². The van der Waals surface area contributed by atoms with Crippen LogP contribution in [-0.4, -0.2) is 34.5 Å². The first-order chi connectivity index (χ1) is 13.3. The summed E-state index contributed by atoms with van der Waals surface area (Å²) in [6.07, 6.45) is -0.00385. The van der Waals surface area contributed by atoms with Crippen LogP contribution in [0.5, 0.6) is 0 Å². The summed E-state index contributed by atoms with van der Waals surface area (Å²) < 4.78 is 28.3. The molecule has 0 amide bonds. The van der Waals surface area contributed by atoms with Crippen molar-refractivity contribution in [1.82, 2.24) is 4.72 Å². The molecule has 0 bridgehead atoms. The first-order valence-corrected chi connectivity index (χ1v) is 10.2. The fourth-order valence-corrected chi connectivity index (χ4v) is 4.57. The molecule has 146 valence electrons. The maximum Gasteiger partial charge on any atom is 0.241 e. The third kappa shape index (κ3) is 4.16. The van der Waals surface area contributed by atoms with Gasteiger partial charge in [-0.3, -0.25) is 0 Å². The number of sulfonamides is 1. The number of carbonyl (C=O) groups excluding carboxylic acids is 1. The Bertz CT molecular complexity index is 1100. The van der Waals surface area contributed by atoms with Crippen molar-refractivity contribution in [3.05, 3.63) is 72.3 Å². The van der Waals surface area contributed by atoms with Gasteiger partial charge in [0.2, 0.25) is 10.0 Å². The average molecular weight is 397 g/mol. The summed E-state index contributed by atoms with van der Waals surface area (Å²) in [4.78, 5) is 13.5. The second-order valence-electron chi connectivity index (χ2n) is 6.71. The van der Waals surface area contributed by atoms with Gasteiger partial charge < -0.3 is 14.8 Å². The molecule has 3 aromatic rings. The van der Waals surface area contributed by atoms with E-state index in [1.54, 1.807) is 48.5 Å². The van der Waals surface area contributed by atoms with Gasteiger partial charge in [-0.2, -0.15) is 0 Å². The summed E-state index contributed by atoms with van der Waals surface area (Å²) in [5.41, 5.74) is 1.57. The number of benzene rings is 3. The summed E-state index contributed by atoms with van der Waals surface area (Å²) in [7, 11) is -0.333. The van der Waals surface area contributed by atoms with Crippen LogP contribution in [-0.2, 0) is 21.2 Å². The molecule has 1 N–H and O–H groups in total. The molecule has 7 heteroatoms. The van der Waals surface area contributed by atoms with E-state index in [1.165, 1.54) is 6.07 Å². The van der Waals surface area contributed by atoms with Crippen molar-refractivity contribution >= 4 is 32.5 Å². The van der Waals surface area contributed by atoms with Crippen LogP contribution in [0.4, 0.5) is 5.69 Å². The first-order valence-electron chi connectivity index (χ1n) is 8.76. The van der Waals surface area contributed by atoms with Crippen molar-refractivity contribution in [2.24, 2.45) is 0 Å². The second kappa shape index (κ2) is 8.00. The minimum atomic E-state index is -4.08. The zero-order valence-corrected chi connectivity index (χ0v) is 16.4. The average Bonchev–Trinajstić information content (AvgIpc) is 2.67. The number of fused-ring (bicyclic) bond motifs is 1. The zero-order chi connectivity index (χ0) is 20.3. The Balaban J connectivity index is 2.00. The predicted octanol–water partition coefficient (Wildman–Crippen LogP) is 1.55. The van der Waals surface area contributed by atoms with Gasteiger partial charge in [0.25, 0.3) is 0 Å². The molecule has 28 heavy (non-hydrogen) atoms. The van der Waals surface area contributed by atoms with E-state index in [4.69, 9.17) is 0 Å². The van der Waals surface area contributed by atoms with E-state index in [2.05, 4.69) is 4.72 Å². The molecule has 0 aliphatic carbocycles. The Morgan fingerprint density at radius 3 is 2.25 bits per heavy atom. The third-order valence-electron chi connectivity index (χ3n) is 4.49. The highest BCUT2D eigenvalue weighted by Gasteiger charge is 2.23. The number of carboxylic acid groups (broad SMARTS) is 1. The number of rotatable bonds is 7. The van der Waals surface area contributed by atoms with Crippen molar-refractivity contribution < 1.29 is 18.3 Å². The molecule has 1 atom stereocenters. The number of anilines is 1. The van der Waals surface area contributed by atoms with Gasteiger partial charge in [-0.15, -0.1) is 0 Å². The summed E-state index contributed by atoms with van der Waals surface area (Å²) in [5.74, 6) is -1.47. The first kappa shape index (κ1) is 19.9. The van der Waals surface area contributed by atoms with Crippen LogP contribution in [0, 0.1) is 0 Å². The predicted molar refractivity (Wildman–Crippen MR) is 108 cm³/mol. The Morgan fingerprint density at radius 2 is 1.61 bits per heavy atom. The monoisotopic (exact) mass is 397 g/mol. The standard InChI is InChI=1S/C21H22N2O4S/c1-23(2)19-12-6-11-17-16(19)10-7-13-20(17)28(26,27)22-18(21(24)25)14-15-8-4-3-5-9-15/h3-13,18,22H,14H2,1-2H3,(H,24,25)/p-1/t18-/m1/s1. The number of carboxylic acids is 1. The molecule has 0 unspecified atom stereocenters. The van der Waals surface area contributed by atoms with Crippen LogP contribution in [0.3, 0.4) is 0 Å². The van der Waals surface area contributed by atoms with Crippen molar-refractivity contribution in [3.63, 3.8) is 0 Å². The van der Waals surface area contributed by atoms with Crippen LogP contribution < -0.4 is 14.7 Å². The molecule has 0 fully saturated rings. The highest BCUT2D eigenvalue weighted by molar-refractivity contribution is 7.89. The molecular weight excluding hydrogens is 376 g/mol. The van der Waals surface area contributed by atoms with Gasteiger partial charge in [0.05, 0.1) is 16.9 Å². The minimum Gasteiger partial charge on any atom is -0.548 e. The minimum absolute atomic E-state index is 0.00385. The number of nitrogens with zero attached hydrogens (tertiary/aromatic N) is 1. The Morgan fingerprint density at radius 1 is 0.964 bits per heavy atom. The van der Waals surface area contributed by atoms with E-state index in [0.717, 1.165) is 11.1 Å². The third-order valence-corrected chi connectivity index (χ3v) is 6.02. The van der Waals surface area contributed by atoms with E-state index in [9.17, 15) is 18.3 Å². The highest BCUT2D eigenvalue weighted by atomic mass is 32.2.